The van der Waals surface area contributed by atoms with Gasteiger partial charge in [-0.3, -0.25) is 37.3 Å². The van der Waals surface area contributed by atoms with Crippen LogP contribution in [0.5, 0.6) is 0 Å². The molecule has 5 atom stereocenters. The second-order valence-corrected chi connectivity index (χ2v) is 29.2. The number of aliphatic hydroxyl groups is 1. The Morgan fingerprint density at radius 2 is 0.551 bits per heavy atom. The zero-order valence-electron chi connectivity index (χ0n) is 62.2. The minimum Gasteiger partial charge on any atom is -0.462 e. The molecule has 0 fully saturated rings. The van der Waals surface area contributed by atoms with Crippen molar-refractivity contribution in [2.75, 3.05) is 39.6 Å². The smallest absolute Gasteiger partial charge is 0.462 e. The molecular formula is C79H142O17P2. The highest BCUT2D eigenvalue weighted by Crippen LogP contribution is 2.45. The molecule has 98 heavy (non-hydrogen) atoms. The summed E-state index contributed by atoms with van der Waals surface area (Å²) in [6.07, 6.45) is 71.7. The first-order valence-electron chi connectivity index (χ1n) is 39.2. The molecule has 0 aliphatic carbocycles. The monoisotopic (exact) mass is 1420 g/mol. The van der Waals surface area contributed by atoms with Crippen LogP contribution in [0.1, 0.15) is 349 Å². The third-order valence-corrected chi connectivity index (χ3v) is 18.6. The molecule has 0 aromatic heterocycles. The van der Waals surface area contributed by atoms with Gasteiger partial charge in [-0.25, -0.2) is 9.13 Å². The molecule has 17 nitrogen and oxygen atoms in total. The minimum atomic E-state index is -4.98. The van der Waals surface area contributed by atoms with Gasteiger partial charge >= 0.3 is 39.5 Å². The summed E-state index contributed by atoms with van der Waals surface area (Å²) in [5.74, 6) is -2.19. The van der Waals surface area contributed by atoms with Gasteiger partial charge in [0.15, 0.2) is 12.2 Å². The first-order valence-corrected chi connectivity index (χ1v) is 42.2. The molecule has 0 aromatic rings. The highest BCUT2D eigenvalue weighted by atomic mass is 31.2. The molecule has 0 bridgehead atoms. The molecule has 0 aromatic carbocycles. The third kappa shape index (κ3) is 70.9. The Bertz CT molecular complexity index is 2140. The van der Waals surface area contributed by atoms with E-state index in [4.69, 9.17) is 37.0 Å². The summed E-state index contributed by atoms with van der Waals surface area (Å²) in [6.45, 7) is 4.71. The van der Waals surface area contributed by atoms with Crippen LogP contribution >= 0.6 is 15.6 Å². The van der Waals surface area contributed by atoms with Crippen molar-refractivity contribution in [2.45, 2.75) is 367 Å². The van der Waals surface area contributed by atoms with Gasteiger partial charge in [-0.15, -0.1) is 0 Å². The molecule has 3 N–H and O–H groups in total. The van der Waals surface area contributed by atoms with Gasteiger partial charge in [0, 0.05) is 25.7 Å². The Morgan fingerprint density at radius 1 is 0.296 bits per heavy atom. The van der Waals surface area contributed by atoms with Gasteiger partial charge in [-0.05, 0) is 89.9 Å². The molecule has 0 radical (unpaired) electrons. The van der Waals surface area contributed by atoms with Crippen LogP contribution in [0, 0.1) is 0 Å². The topological polar surface area (TPSA) is 237 Å². The maximum absolute atomic E-state index is 13.1. The SMILES string of the molecule is CC/C=C\C/C=C\C/C=C\C/C=C\CCCCCCC(=O)OCC(COP(=O)(O)OCC(O)COP(=O)(O)OCC(COC(=O)CCCCCCCCCCCCCCCCC)OC(=O)CCCCCCCCCCCCCCC)OC(=O)CCCCCCC/C=C\C/C=C\CCC. The zero-order chi connectivity index (χ0) is 71.8. The Labute approximate surface area is 596 Å². The van der Waals surface area contributed by atoms with Crippen molar-refractivity contribution in [3.63, 3.8) is 0 Å². The summed E-state index contributed by atoms with van der Waals surface area (Å²) < 4.78 is 68.5. The third-order valence-electron chi connectivity index (χ3n) is 16.7. The van der Waals surface area contributed by atoms with E-state index in [1.165, 1.54) is 122 Å². The van der Waals surface area contributed by atoms with Crippen molar-refractivity contribution in [3.8, 4) is 0 Å². The predicted molar refractivity (Wildman–Crippen MR) is 400 cm³/mol. The second kappa shape index (κ2) is 71.9. The molecule has 0 rings (SSSR count). The number of phosphoric acid groups is 2. The summed E-state index contributed by atoms with van der Waals surface area (Å²) in [5, 5.41) is 10.6. The van der Waals surface area contributed by atoms with E-state index in [1.807, 2.05) is 0 Å². The number of phosphoric ester groups is 2. The standard InChI is InChI=1S/C79H142O17P2/c1-5-9-13-17-21-25-29-33-35-36-38-42-44-48-52-56-60-64-77(82)90-70-75(96-79(84)66-62-58-54-50-46-40-32-28-24-20-16-12-8-4)72-94-98(87,88)92-68-73(80)67-91-97(85,86)93-71-74(95-78(83)65-61-57-53-49-45-39-31-27-23-19-15-11-7-3)69-89-76(81)63-59-55-51-47-43-41-37-34-30-26-22-18-14-10-6-2/h9,13,16,20-21,25,28,32-33,35,38,42,73-75,80H,5-8,10-12,14-15,17-19,22-24,26-27,29-31,34,36-37,39-41,43-72H2,1-4H3,(H,85,86)(H,87,88)/b13-9-,20-16-,25-21-,32-28-,35-33-,42-38-. The van der Waals surface area contributed by atoms with Crippen LogP contribution < -0.4 is 0 Å². The summed E-state index contributed by atoms with van der Waals surface area (Å²) in [4.78, 5) is 72.9. The Balaban J connectivity index is 5.33. The van der Waals surface area contributed by atoms with E-state index in [9.17, 15) is 43.2 Å². The highest BCUT2D eigenvalue weighted by Gasteiger charge is 2.30. The predicted octanol–water partition coefficient (Wildman–Crippen LogP) is 22.4. The molecule has 5 unspecified atom stereocenters. The highest BCUT2D eigenvalue weighted by molar-refractivity contribution is 7.47. The molecule has 0 saturated heterocycles. The molecule has 0 saturated carbocycles. The molecule has 0 spiro atoms. The van der Waals surface area contributed by atoms with Crippen LogP contribution in [0.4, 0.5) is 0 Å². The summed E-state index contributed by atoms with van der Waals surface area (Å²) >= 11 is 0. The molecule has 19 heteroatoms. The number of carbonyl (C=O) groups is 4. The van der Waals surface area contributed by atoms with Gasteiger partial charge in [-0.2, -0.15) is 0 Å². The van der Waals surface area contributed by atoms with E-state index in [2.05, 4.69) is 101 Å². The fourth-order valence-electron chi connectivity index (χ4n) is 10.7. The molecular weight excluding hydrogens is 1280 g/mol. The van der Waals surface area contributed by atoms with Crippen molar-refractivity contribution in [1.29, 1.82) is 0 Å². The van der Waals surface area contributed by atoms with Crippen LogP contribution in [0.2, 0.25) is 0 Å². The van der Waals surface area contributed by atoms with E-state index in [1.54, 1.807) is 0 Å². The zero-order valence-corrected chi connectivity index (χ0v) is 64.0. The number of aliphatic hydroxyl groups excluding tert-OH is 1. The van der Waals surface area contributed by atoms with E-state index in [0.717, 1.165) is 148 Å². The van der Waals surface area contributed by atoms with Gasteiger partial charge in [0.1, 0.15) is 19.3 Å². The maximum atomic E-state index is 13.1. The first kappa shape index (κ1) is 94.5. The lowest BCUT2D eigenvalue weighted by atomic mass is 10.0. The van der Waals surface area contributed by atoms with E-state index in [0.29, 0.717) is 25.7 Å². The molecule has 0 aliphatic heterocycles. The average molecular weight is 1430 g/mol. The lowest BCUT2D eigenvalue weighted by Gasteiger charge is -2.21. The Hall–Kier alpha value is -3.50. The van der Waals surface area contributed by atoms with Crippen LogP contribution in [0.25, 0.3) is 0 Å². The van der Waals surface area contributed by atoms with Gasteiger partial charge in [0.2, 0.25) is 0 Å². The molecule has 0 amide bonds. The fraction of sp³-hybridized carbons (Fsp3) is 0.797. The van der Waals surface area contributed by atoms with Crippen molar-refractivity contribution in [2.24, 2.45) is 0 Å². The maximum Gasteiger partial charge on any atom is 0.472 e. The average Bonchev–Trinajstić information content (AvgIpc) is 0.969. The molecule has 0 heterocycles. The number of allylic oxidation sites excluding steroid dienone is 12. The van der Waals surface area contributed by atoms with Crippen molar-refractivity contribution >= 4 is 39.5 Å². The number of esters is 4. The van der Waals surface area contributed by atoms with Gasteiger partial charge < -0.3 is 33.8 Å². The lowest BCUT2D eigenvalue weighted by molar-refractivity contribution is -0.161. The summed E-state index contributed by atoms with van der Waals surface area (Å²) in [5.41, 5.74) is 0. The number of hydrogen-bond donors (Lipinski definition) is 3. The normalized spacial score (nSPS) is 14.3. The Kier molecular flexibility index (Phi) is 69.3. The second-order valence-electron chi connectivity index (χ2n) is 26.3. The fourth-order valence-corrected chi connectivity index (χ4v) is 12.3. The van der Waals surface area contributed by atoms with Gasteiger partial charge in [-0.1, -0.05) is 306 Å². The van der Waals surface area contributed by atoms with Crippen LogP contribution in [-0.4, -0.2) is 96.7 Å². The van der Waals surface area contributed by atoms with Crippen LogP contribution in [-0.2, 0) is 65.4 Å². The summed E-state index contributed by atoms with van der Waals surface area (Å²) in [6, 6.07) is 0. The first-order chi connectivity index (χ1) is 47.7. The number of hydrogen-bond acceptors (Lipinski definition) is 15. The van der Waals surface area contributed by atoms with Crippen LogP contribution in [0.3, 0.4) is 0 Å². The number of unbranched alkanes of at least 4 members (excludes halogenated alkanes) is 36. The largest absolute Gasteiger partial charge is 0.472 e. The quantitative estimate of drug-likeness (QED) is 0.0169. The number of ether oxygens (including phenoxy) is 4. The molecule has 570 valence electrons. The molecule has 0 aliphatic rings. The summed E-state index contributed by atoms with van der Waals surface area (Å²) in [7, 11) is -9.95. The van der Waals surface area contributed by atoms with Crippen molar-refractivity contribution < 1.29 is 80.2 Å². The minimum absolute atomic E-state index is 0.0751. The number of carbonyl (C=O) groups excluding carboxylic acids is 4. The van der Waals surface area contributed by atoms with Crippen LogP contribution in [0.15, 0.2) is 72.9 Å². The van der Waals surface area contributed by atoms with Crippen molar-refractivity contribution in [3.05, 3.63) is 72.9 Å². The van der Waals surface area contributed by atoms with E-state index >= 15 is 0 Å². The van der Waals surface area contributed by atoms with E-state index < -0.39 is 97.5 Å². The van der Waals surface area contributed by atoms with Gasteiger partial charge in [0.25, 0.3) is 0 Å². The van der Waals surface area contributed by atoms with Crippen molar-refractivity contribution in [1.82, 2.24) is 0 Å². The lowest BCUT2D eigenvalue weighted by Crippen LogP contribution is -2.30. The van der Waals surface area contributed by atoms with Gasteiger partial charge in [0.05, 0.1) is 26.4 Å². The Morgan fingerprint density at radius 3 is 0.857 bits per heavy atom. The van der Waals surface area contributed by atoms with E-state index in [-0.39, 0.29) is 25.7 Å². The number of rotatable bonds is 74.